The summed E-state index contributed by atoms with van der Waals surface area (Å²) in [6, 6.07) is 1.15. The van der Waals surface area contributed by atoms with Crippen molar-refractivity contribution in [2.24, 2.45) is 5.41 Å². The molecule has 0 aromatic heterocycles. The molecule has 1 saturated heterocycles. The van der Waals surface area contributed by atoms with Gasteiger partial charge < -0.3 is 15.4 Å². The lowest BCUT2D eigenvalue weighted by molar-refractivity contribution is 0.0710. The second-order valence-electron chi connectivity index (χ2n) is 5.55. The number of hydrogen-bond acceptors (Lipinski definition) is 3. The van der Waals surface area contributed by atoms with Crippen LogP contribution in [0.15, 0.2) is 0 Å². The standard InChI is InChI=1S/C12H24N2O/c1-10(14-9-12(2)3-4-12)7-11-8-15-6-5-13-11/h10-11,13-14H,3-9H2,1-2H3. The fourth-order valence-electron chi connectivity index (χ4n) is 2.09. The van der Waals surface area contributed by atoms with Crippen molar-refractivity contribution in [1.29, 1.82) is 0 Å². The van der Waals surface area contributed by atoms with Crippen LogP contribution in [0.2, 0.25) is 0 Å². The van der Waals surface area contributed by atoms with Crippen molar-refractivity contribution in [1.82, 2.24) is 10.6 Å². The summed E-state index contributed by atoms with van der Waals surface area (Å²) in [6.07, 6.45) is 3.98. The van der Waals surface area contributed by atoms with Gasteiger partial charge in [-0.25, -0.2) is 0 Å². The summed E-state index contributed by atoms with van der Waals surface area (Å²) >= 11 is 0. The predicted molar refractivity (Wildman–Crippen MR) is 62.0 cm³/mol. The molecule has 0 spiro atoms. The molecule has 2 rings (SSSR count). The molecule has 0 radical (unpaired) electrons. The molecule has 0 bridgehead atoms. The molecule has 2 N–H and O–H groups in total. The van der Waals surface area contributed by atoms with E-state index in [1.807, 2.05) is 0 Å². The van der Waals surface area contributed by atoms with Crippen LogP contribution in [0.5, 0.6) is 0 Å². The first-order chi connectivity index (χ1) is 7.18. The lowest BCUT2D eigenvalue weighted by Gasteiger charge is -2.27. The summed E-state index contributed by atoms with van der Waals surface area (Å²) in [4.78, 5) is 0. The van der Waals surface area contributed by atoms with E-state index >= 15 is 0 Å². The zero-order valence-electron chi connectivity index (χ0n) is 10.0. The molecule has 88 valence electrons. The van der Waals surface area contributed by atoms with Crippen molar-refractivity contribution >= 4 is 0 Å². The SMILES string of the molecule is CC(CC1COCCN1)NCC1(C)CC1. The molecule has 1 heterocycles. The van der Waals surface area contributed by atoms with E-state index < -0.39 is 0 Å². The highest BCUT2D eigenvalue weighted by Crippen LogP contribution is 2.44. The summed E-state index contributed by atoms with van der Waals surface area (Å²) in [5.74, 6) is 0. The number of morpholine rings is 1. The summed E-state index contributed by atoms with van der Waals surface area (Å²) < 4.78 is 5.45. The predicted octanol–water partition coefficient (Wildman–Crippen LogP) is 1.14. The van der Waals surface area contributed by atoms with Gasteiger partial charge in [0.25, 0.3) is 0 Å². The van der Waals surface area contributed by atoms with E-state index in [-0.39, 0.29) is 0 Å². The Bertz CT molecular complexity index is 198. The third-order valence-corrected chi connectivity index (χ3v) is 3.62. The molecular weight excluding hydrogens is 188 g/mol. The molecule has 1 aliphatic carbocycles. The number of rotatable bonds is 5. The maximum absolute atomic E-state index is 5.45. The third kappa shape index (κ3) is 3.74. The minimum absolute atomic E-state index is 0.549. The number of hydrogen-bond donors (Lipinski definition) is 2. The first-order valence-electron chi connectivity index (χ1n) is 6.22. The summed E-state index contributed by atoms with van der Waals surface area (Å²) in [6.45, 7) is 8.59. The lowest BCUT2D eigenvalue weighted by Crippen LogP contribution is -2.45. The van der Waals surface area contributed by atoms with Crippen LogP contribution in [-0.4, -0.2) is 38.4 Å². The van der Waals surface area contributed by atoms with Crippen LogP contribution >= 0.6 is 0 Å². The molecule has 0 aromatic rings. The maximum Gasteiger partial charge on any atom is 0.0620 e. The quantitative estimate of drug-likeness (QED) is 0.717. The van der Waals surface area contributed by atoms with Crippen LogP contribution in [0.1, 0.15) is 33.1 Å². The van der Waals surface area contributed by atoms with Gasteiger partial charge in [0.1, 0.15) is 0 Å². The van der Waals surface area contributed by atoms with Crippen LogP contribution < -0.4 is 10.6 Å². The van der Waals surface area contributed by atoms with Gasteiger partial charge >= 0.3 is 0 Å². The molecule has 2 aliphatic rings. The summed E-state index contributed by atoms with van der Waals surface area (Å²) in [7, 11) is 0. The zero-order chi connectivity index (χ0) is 10.7. The van der Waals surface area contributed by atoms with Crippen LogP contribution in [0.3, 0.4) is 0 Å². The Hall–Kier alpha value is -0.120. The monoisotopic (exact) mass is 212 g/mol. The van der Waals surface area contributed by atoms with Gasteiger partial charge in [0.05, 0.1) is 13.2 Å². The molecule has 15 heavy (non-hydrogen) atoms. The van der Waals surface area contributed by atoms with Crippen LogP contribution in [0, 0.1) is 5.41 Å². The Morgan fingerprint density at radius 1 is 1.53 bits per heavy atom. The molecule has 2 fully saturated rings. The van der Waals surface area contributed by atoms with Gasteiger partial charge in [-0.3, -0.25) is 0 Å². The summed E-state index contributed by atoms with van der Waals surface area (Å²) in [5.41, 5.74) is 0.616. The van der Waals surface area contributed by atoms with Crippen molar-refractivity contribution in [3.05, 3.63) is 0 Å². The minimum Gasteiger partial charge on any atom is -0.379 e. The van der Waals surface area contributed by atoms with Crippen molar-refractivity contribution in [2.75, 3.05) is 26.3 Å². The second kappa shape index (κ2) is 4.81. The topological polar surface area (TPSA) is 33.3 Å². The zero-order valence-corrected chi connectivity index (χ0v) is 10.0. The van der Waals surface area contributed by atoms with Crippen LogP contribution in [0.4, 0.5) is 0 Å². The van der Waals surface area contributed by atoms with Gasteiger partial charge in [-0.05, 0) is 31.6 Å². The first-order valence-corrected chi connectivity index (χ1v) is 6.22. The largest absolute Gasteiger partial charge is 0.379 e. The van der Waals surface area contributed by atoms with Gasteiger partial charge in [0.2, 0.25) is 0 Å². The normalized spacial score (nSPS) is 31.2. The van der Waals surface area contributed by atoms with Gasteiger partial charge in [-0.15, -0.1) is 0 Å². The molecule has 0 amide bonds. The maximum atomic E-state index is 5.45. The number of nitrogens with one attached hydrogen (secondary N) is 2. The Morgan fingerprint density at radius 3 is 2.93 bits per heavy atom. The highest BCUT2D eigenvalue weighted by atomic mass is 16.5. The molecule has 2 atom stereocenters. The molecular formula is C12H24N2O. The van der Waals surface area contributed by atoms with Crippen molar-refractivity contribution in [2.45, 2.75) is 45.2 Å². The highest BCUT2D eigenvalue weighted by molar-refractivity contribution is 4.91. The molecule has 3 nitrogen and oxygen atoms in total. The Morgan fingerprint density at radius 2 is 2.33 bits per heavy atom. The van der Waals surface area contributed by atoms with Gasteiger partial charge in [-0.1, -0.05) is 6.92 Å². The van der Waals surface area contributed by atoms with E-state index in [0.717, 1.165) is 19.8 Å². The fraction of sp³-hybridized carbons (Fsp3) is 1.00. The van der Waals surface area contributed by atoms with E-state index in [2.05, 4.69) is 24.5 Å². The van der Waals surface area contributed by atoms with Crippen LogP contribution in [-0.2, 0) is 4.74 Å². The smallest absolute Gasteiger partial charge is 0.0620 e. The first kappa shape index (κ1) is 11.4. The average Bonchev–Trinajstić information content (AvgIpc) is 2.96. The van der Waals surface area contributed by atoms with Gasteiger partial charge in [0.15, 0.2) is 0 Å². The van der Waals surface area contributed by atoms with E-state index in [4.69, 9.17) is 4.74 Å². The molecule has 1 aliphatic heterocycles. The van der Waals surface area contributed by atoms with Gasteiger partial charge in [0, 0.05) is 25.2 Å². The molecule has 0 aromatic carbocycles. The summed E-state index contributed by atoms with van der Waals surface area (Å²) in [5, 5.41) is 7.13. The van der Waals surface area contributed by atoms with Crippen molar-refractivity contribution in [3.63, 3.8) is 0 Å². The molecule has 1 saturated carbocycles. The molecule has 2 unspecified atom stereocenters. The minimum atomic E-state index is 0.549. The van der Waals surface area contributed by atoms with E-state index in [9.17, 15) is 0 Å². The lowest BCUT2D eigenvalue weighted by atomic mass is 10.1. The number of ether oxygens (including phenoxy) is 1. The van der Waals surface area contributed by atoms with E-state index in [0.29, 0.717) is 17.5 Å². The van der Waals surface area contributed by atoms with Gasteiger partial charge in [-0.2, -0.15) is 0 Å². The molecule has 3 heteroatoms. The van der Waals surface area contributed by atoms with E-state index in [1.165, 1.54) is 25.8 Å². The average molecular weight is 212 g/mol. The Kier molecular flexibility index (Phi) is 3.65. The third-order valence-electron chi connectivity index (χ3n) is 3.62. The Labute approximate surface area is 93.0 Å². The highest BCUT2D eigenvalue weighted by Gasteiger charge is 2.36. The van der Waals surface area contributed by atoms with Crippen LogP contribution in [0.25, 0.3) is 0 Å². The van der Waals surface area contributed by atoms with E-state index in [1.54, 1.807) is 0 Å². The van der Waals surface area contributed by atoms with Crippen molar-refractivity contribution in [3.8, 4) is 0 Å². The van der Waals surface area contributed by atoms with Crippen molar-refractivity contribution < 1.29 is 4.74 Å². The fourth-order valence-corrected chi connectivity index (χ4v) is 2.09. The Balaban J connectivity index is 1.60. The second-order valence-corrected chi connectivity index (χ2v) is 5.55.